The maximum Gasteiger partial charge on any atom is 0.323 e. The van der Waals surface area contributed by atoms with E-state index in [1.807, 2.05) is 38.1 Å². The van der Waals surface area contributed by atoms with Gasteiger partial charge in [-0.25, -0.2) is 0 Å². The van der Waals surface area contributed by atoms with Crippen molar-refractivity contribution in [1.82, 2.24) is 10.2 Å². The number of hydrogen-bond donors (Lipinski definition) is 2. The zero-order chi connectivity index (χ0) is 18.6. The topological polar surface area (TPSA) is 86.7 Å². The van der Waals surface area contributed by atoms with Gasteiger partial charge in [-0.05, 0) is 12.0 Å². The van der Waals surface area contributed by atoms with Gasteiger partial charge in [0.2, 0.25) is 5.91 Å². The van der Waals surface area contributed by atoms with E-state index in [1.165, 1.54) is 16.2 Å². The lowest BCUT2D eigenvalue weighted by molar-refractivity contribution is -0.144. The van der Waals surface area contributed by atoms with Crippen LogP contribution in [0, 0.1) is 5.92 Å². The highest BCUT2D eigenvalue weighted by Gasteiger charge is 2.21. The Kier molecular flexibility index (Phi) is 6.39. The first-order valence-corrected chi connectivity index (χ1v) is 8.93. The van der Waals surface area contributed by atoms with Crippen LogP contribution in [0.4, 0.5) is 0 Å². The number of hydrogen-bond acceptors (Lipinski definition) is 4. The molecular weight excluding hydrogens is 364 g/mol. The number of carbonyl (C=O) groups is 3. The number of halogens is 1. The van der Waals surface area contributed by atoms with E-state index in [4.69, 9.17) is 16.7 Å². The van der Waals surface area contributed by atoms with Crippen LogP contribution in [-0.4, -0.2) is 47.4 Å². The maximum absolute atomic E-state index is 12.3. The third kappa shape index (κ3) is 4.93. The highest BCUT2D eigenvalue weighted by atomic mass is 35.5. The van der Waals surface area contributed by atoms with Crippen molar-refractivity contribution in [2.75, 3.05) is 19.6 Å². The summed E-state index contributed by atoms with van der Waals surface area (Å²) in [5.41, 5.74) is 0. The zero-order valence-corrected chi connectivity index (χ0v) is 15.5. The van der Waals surface area contributed by atoms with E-state index in [0.717, 1.165) is 10.1 Å². The predicted molar refractivity (Wildman–Crippen MR) is 98.2 cm³/mol. The van der Waals surface area contributed by atoms with Crippen molar-refractivity contribution < 1.29 is 19.5 Å². The summed E-state index contributed by atoms with van der Waals surface area (Å²) in [4.78, 5) is 37.0. The van der Waals surface area contributed by atoms with E-state index in [1.54, 1.807) is 0 Å². The second-order valence-electron chi connectivity index (χ2n) is 5.99. The number of fused-ring (bicyclic) bond motifs is 1. The van der Waals surface area contributed by atoms with Crippen LogP contribution in [0.2, 0.25) is 5.02 Å². The minimum atomic E-state index is -1.09. The largest absolute Gasteiger partial charge is 0.480 e. The fourth-order valence-corrected chi connectivity index (χ4v) is 3.80. The summed E-state index contributed by atoms with van der Waals surface area (Å²) in [7, 11) is 0. The molecule has 1 heterocycles. The second-order valence-corrected chi connectivity index (χ2v) is 7.42. The lowest BCUT2D eigenvalue weighted by Crippen LogP contribution is -2.44. The molecule has 8 heteroatoms. The number of carboxylic acids is 1. The molecule has 2 aromatic rings. The molecule has 0 unspecified atom stereocenters. The molecule has 0 bridgehead atoms. The number of carboxylic acid groups (broad SMARTS) is 1. The molecule has 2 rings (SSSR count). The predicted octanol–water partition coefficient (Wildman–Crippen LogP) is 2.85. The average molecular weight is 383 g/mol. The lowest BCUT2D eigenvalue weighted by Gasteiger charge is -2.22. The molecule has 0 radical (unpaired) electrons. The smallest absolute Gasteiger partial charge is 0.323 e. The highest BCUT2D eigenvalue weighted by Crippen LogP contribution is 2.34. The Morgan fingerprint density at radius 1 is 1.28 bits per heavy atom. The van der Waals surface area contributed by atoms with E-state index in [0.29, 0.717) is 16.4 Å². The molecule has 25 heavy (non-hydrogen) atoms. The van der Waals surface area contributed by atoms with Crippen LogP contribution in [0.25, 0.3) is 10.1 Å². The Bertz CT molecular complexity index is 803. The summed E-state index contributed by atoms with van der Waals surface area (Å²) in [5, 5.41) is 12.6. The maximum atomic E-state index is 12.3. The van der Waals surface area contributed by atoms with E-state index >= 15 is 0 Å². The van der Waals surface area contributed by atoms with Gasteiger partial charge in [-0.3, -0.25) is 14.4 Å². The molecule has 1 aromatic heterocycles. The Balaban J connectivity index is 2.05. The quantitative estimate of drug-likeness (QED) is 0.770. The van der Waals surface area contributed by atoms with Gasteiger partial charge < -0.3 is 15.3 Å². The molecule has 1 aromatic carbocycles. The number of rotatable bonds is 7. The number of aliphatic carboxylic acids is 1. The molecule has 134 valence electrons. The van der Waals surface area contributed by atoms with Crippen LogP contribution in [0.5, 0.6) is 0 Å². The zero-order valence-electron chi connectivity index (χ0n) is 13.9. The number of thiophene rings is 1. The van der Waals surface area contributed by atoms with Gasteiger partial charge in [0, 0.05) is 16.6 Å². The average Bonchev–Trinajstić information content (AvgIpc) is 2.88. The Hall–Kier alpha value is -2.12. The lowest BCUT2D eigenvalue weighted by atomic mass is 10.2. The molecule has 0 saturated heterocycles. The molecule has 0 saturated carbocycles. The van der Waals surface area contributed by atoms with Crippen molar-refractivity contribution in [1.29, 1.82) is 0 Å². The Morgan fingerprint density at radius 2 is 1.96 bits per heavy atom. The minimum absolute atomic E-state index is 0.121. The third-order valence-electron chi connectivity index (χ3n) is 3.41. The summed E-state index contributed by atoms with van der Waals surface area (Å²) >= 11 is 7.49. The van der Waals surface area contributed by atoms with Gasteiger partial charge in [-0.1, -0.05) is 43.6 Å². The van der Waals surface area contributed by atoms with Crippen LogP contribution in [0.3, 0.4) is 0 Å². The van der Waals surface area contributed by atoms with E-state index in [9.17, 15) is 14.4 Å². The summed E-state index contributed by atoms with van der Waals surface area (Å²) in [6.07, 6.45) is 0. The highest BCUT2D eigenvalue weighted by molar-refractivity contribution is 7.21. The van der Waals surface area contributed by atoms with Gasteiger partial charge in [0.05, 0.1) is 11.6 Å². The summed E-state index contributed by atoms with van der Waals surface area (Å²) in [6.45, 7) is 3.42. The molecule has 0 fully saturated rings. The van der Waals surface area contributed by atoms with E-state index < -0.39 is 24.3 Å². The van der Waals surface area contributed by atoms with Gasteiger partial charge in [0.1, 0.15) is 11.4 Å². The molecule has 0 aliphatic heterocycles. The standard InChI is InChI=1S/C17H19ClN2O4S/c1-10(2)8-20(9-14(22)23)13(21)7-19-17(24)16-15(18)11-5-3-4-6-12(11)25-16/h3-6,10H,7-9H2,1-2H3,(H,19,24)(H,22,23). The molecule has 2 N–H and O–H groups in total. The van der Waals surface area contributed by atoms with E-state index in [-0.39, 0.29) is 12.5 Å². The molecule has 0 aliphatic carbocycles. The molecular formula is C17H19ClN2O4S. The second kappa shape index (κ2) is 8.31. The van der Waals surface area contributed by atoms with Crippen molar-refractivity contribution >= 4 is 50.8 Å². The first kappa shape index (κ1) is 19.2. The van der Waals surface area contributed by atoms with Gasteiger partial charge >= 0.3 is 5.97 Å². The third-order valence-corrected chi connectivity index (χ3v) is 5.08. The molecule has 0 atom stereocenters. The molecule has 2 amide bonds. The number of carbonyl (C=O) groups excluding carboxylic acids is 2. The normalized spacial score (nSPS) is 10.9. The van der Waals surface area contributed by atoms with Gasteiger partial charge in [0.15, 0.2) is 0 Å². The number of nitrogens with one attached hydrogen (secondary N) is 1. The fraction of sp³-hybridized carbons (Fsp3) is 0.353. The van der Waals surface area contributed by atoms with Crippen molar-refractivity contribution in [3.63, 3.8) is 0 Å². The van der Waals surface area contributed by atoms with Crippen LogP contribution in [0.1, 0.15) is 23.5 Å². The van der Waals surface area contributed by atoms with Crippen LogP contribution >= 0.6 is 22.9 Å². The van der Waals surface area contributed by atoms with Gasteiger partial charge in [-0.15, -0.1) is 11.3 Å². The monoisotopic (exact) mass is 382 g/mol. The van der Waals surface area contributed by atoms with Crippen LogP contribution in [0.15, 0.2) is 24.3 Å². The van der Waals surface area contributed by atoms with Crippen molar-refractivity contribution in [3.8, 4) is 0 Å². The SMILES string of the molecule is CC(C)CN(CC(=O)O)C(=O)CNC(=O)c1sc2ccccc2c1Cl. The first-order chi connectivity index (χ1) is 11.8. The van der Waals surface area contributed by atoms with Gasteiger partial charge in [-0.2, -0.15) is 0 Å². The van der Waals surface area contributed by atoms with Crippen LogP contribution < -0.4 is 5.32 Å². The summed E-state index contributed by atoms with van der Waals surface area (Å²) in [6, 6.07) is 7.39. The van der Waals surface area contributed by atoms with Crippen molar-refractivity contribution in [2.24, 2.45) is 5.92 Å². The fourth-order valence-electron chi connectivity index (χ4n) is 2.37. The minimum Gasteiger partial charge on any atom is -0.480 e. The van der Waals surface area contributed by atoms with Gasteiger partial charge in [0.25, 0.3) is 5.91 Å². The number of benzene rings is 1. The summed E-state index contributed by atoms with van der Waals surface area (Å²) in [5.74, 6) is -1.86. The number of amides is 2. The molecule has 0 aliphatic rings. The van der Waals surface area contributed by atoms with Crippen molar-refractivity contribution in [3.05, 3.63) is 34.2 Å². The first-order valence-electron chi connectivity index (χ1n) is 7.74. The summed E-state index contributed by atoms with van der Waals surface area (Å²) < 4.78 is 0.885. The number of nitrogens with zero attached hydrogens (tertiary/aromatic N) is 1. The molecule has 0 spiro atoms. The molecule has 6 nitrogen and oxygen atoms in total. The van der Waals surface area contributed by atoms with Crippen molar-refractivity contribution in [2.45, 2.75) is 13.8 Å². The Labute approximate surface area is 154 Å². The van der Waals surface area contributed by atoms with Crippen LogP contribution in [-0.2, 0) is 9.59 Å². The Morgan fingerprint density at radius 3 is 2.56 bits per heavy atom. The van der Waals surface area contributed by atoms with E-state index in [2.05, 4.69) is 5.32 Å².